The molecule has 1 aliphatic rings. The normalized spacial score (nSPS) is 34.5. The van der Waals surface area contributed by atoms with Crippen molar-refractivity contribution >= 4 is 5.91 Å². The second-order valence-corrected chi connectivity index (χ2v) is 3.15. The van der Waals surface area contributed by atoms with Gasteiger partial charge in [0.25, 0.3) is 0 Å². The van der Waals surface area contributed by atoms with E-state index in [9.17, 15) is 9.90 Å². The minimum Gasteiger partial charge on any atom is -0.393 e. The maximum atomic E-state index is 11.2. The molecule has 1 saturated heterocycles. The van der Waals surface area contributed by atoms with Crippen LogP contribution >= 0.6 is 0 Å². The lowest BCUT2D eigenvalue weighted by Gasteiger charge is -2.14. The maximum Gasteiger partial charge on any atom is 0.229 e. The Hall–Kier alpha value is -0.610. The molecule has 0 radical (unpaired) electrons. The molecule has 3 atom stereocenters. The summed E-state index contributed by atoms with van der Waals surface area (Å²) in [4.78, 5) is 12.8. The van der Waals surface area contributed by atoms with Gasteiger partial charge in [-0.3, -0.25) is 4.79 Å². The summed E-state index contributed by atoms with van der Waals surface area (Å²) in [5.74, 6) is -0.451. The lowest BCUT2D eigenvalue weighted by molar-refractivity contribution is -0.132. The van der Waals surface area contributed by atoms with E-state index in [4.69, 9.17) is 5.73 Å². The van der Waals surface area contributed by atoms with Crippen LogP contribution in [0.2, 0.25) is 0 Å². The first kappa shape index (κ1) is 8.49. The van der Waals surface area contributed by atoms with Crippen LogP contribution in [0.25, 0.3) is 0 Å². The van der Waals surface area contributed by atoms with Crippen LogP contribution in [0.5, 0.6) is 0 Å². The zero-order valence-corrected chi connectivity index (χ0v) is 6.82. The summed E-state index contributed by atoms with van der Waals surface area (Å²) in [6.45, 7) is 2.15. The van der Waals surface area contributed by atoms with E-state index in [1.54, 1.807) is 18.9 Å². The topological polar surface area (TPSA) is 66.6 Å². The van der Waals surface area contributed by atoms with E-state index in [2.05, 4.69) is 0 Å². The Morgan fingerprint density at radius 2 is 2.36 bits per heavy atom. The van der Waals surface area contributed by atoms with Gasteiger partial charge in [-0.05, 0) is 6.92 Å². The van der Waals surface area contributed by atoms with Crippen LogP contribution in [-0.4, -0.2) is 41.7 Å². The van der Waals surface area contributed by atoms with Crippen molar-refractivity contribution in [2.24, 2.45) is 11.7 Å². The molecule has 1 amide bonds. The molecule has 4 nitrogen and oxygen atoms in total. The fourth-order valence-corrected chi connectivity index (χ4v) is 1.52. The third kappa shape index (κ3) is 1.36. The first-order valence-electron chi connectivity index (χ1n) is 3.72. The van der Waals surface area contributed by atoms with Crippen LogP contribution in [0.4, 0.5) is 0 Å². The minimum absolute atomic E-state index is 0.0486. The van der Waals surface area contributed by atoms with Gasteiger partial charge in [-0.15, -0.1) is 0 Å². The summed E-state index contributed by atoms with van der Waals surface area (Å²) >= 11 is 0. The molecule has 0 spiro atoms. The SMILES string of the molecule is CC(O)C1C(=O)N(C)CC1N. The molecule has 64 valence electrons. The molecule has 11 heavy (non-hydrogen) atoms. The summed E-state index contributed by atoms with van der Waals surface area (Å²) < 4.78 is 0. The van der Waals surface area contributed by atoms with Gasteiger partial charge in [0.15, 0.2) is 0 Å². The molecule has 3 unspecified atom stereocenters. The van der Waals surface area contributed by atoms with Gasteiger partial charge < -0.3 is 15.7 Å². The molecule has 0 aliphatic carbocycles. The quantitative estimate of drug-likeness (QED) is 0.503. The molecule has 1 aliphatic heterocycles. The molecular weight excluding hydrogens is 144 g/mol. The fraction of sp³-hybridized carbons (Fsp3) is 0.857. The molecule has 1 rings (SSSR count). The Kier molecular flexibility index (Phi) is 2.15. The number of amides is 1. The van der Waals surface area contributed by atoms with Crippen molar-refractivity contribution in [1.82, 2.24) is 4.90 Å². The highest BCUT2D eigenvalue weighted by Crippen LogP contribution is 2.18. The largest absolute Gasteiger partial charge is 0.393 e. The molecule has 3 N–H and O–H groups in total. The number of likely N-dealkylation sites (tertiary alicyclic amines) is 1. The molecule has 0 saturated carbocycles. The number of rotatable bonds is 1. The van der Waals surface area contributed by atoms with Crippen LogP contribution in [-0.2, 0) is 4.79 Å². The summed E-state index contributed by atoms with van der Waals surface area (Å²) in [5, 5.41) is 9.18. The number of likely N-dealkylation sites (N-methyl/N-ethyl adjacent to an activating group) is 1. The standard InChI is InChI=1S/C7H14N2O2/c1-4(10)6-5(8)3-9(2)7(6)11/h4-6,10H,3,8H2,1-2H3. The van der Waals surface area contributed by atoms with Crippen molar-refractivity contribution in [2.75, 3.05) is 13.6 Å². The number of carbonyl (C=O) groups is 1. The van der Waals surface area contributed by atoms with Crippen molar-refractivity contribution in [3.8, 4) is 0 Å². The van der Waals surface area contributed by atoms with Gasteiger partial charge in [-0.2, -0.15) is 0 Å². The number of hydrogen-bond acceptors (Lipinski definition) is 3. The zero-order chi connectivity index (χ0) is 8.59. The number of carbonyl (C=O) groups excluding carboxylic acids is 1. The van der Waals surface area contributed by atoms with Crippen LogP contribution in [0.3, 0.4) is 0 Å². The fourth-order valence-electron chi connectivity index (χ4n) is 1.52. The summed E-state index contributed by atoms with van der Waals surface area (Å²) in [6.07, 6.45) is -0.637. The molecule has 0 bridgehead atoms. The maximum absolute atomic E-state index is 11.2. The van der Waals surface area contributed by atoms with Gasteiger partial charge in [0.05, 0.1) is 12.0 Å². The van der Waals surface area contributed by atoms with E-state index in [1.165, 1.54) is 0 Å². The highest BCUT2D eigenvalue weighted by molar-refractivity contribution is 5.82. The van der Waals surface area contributed by atoms with Crippen LogP contribution in [0.1, 0.15) is 6.92 Å². The van der Waals surface area contributed by atoms with Crippen molar-refractivity contribution in [3.05, 3.63) is 0 Å². The van der Waals surface area contributed by atoms with Gasteiger partial charge >= 0.3 is 0 Å². The Bertz CT molecular complexity index is 170. The number of nitrogens with two attached hydrogens (primary N) is 1. The Morgan fingerprint density at radius 1 is 1.82 bits per heavy atom. The van der Waals surface area contributed by atoms with E-state index in [0.29, 0.717) is 6.54 Å². The first-order chi connectivity index (χ1) is 5.04. The van der Waals surface area contributed by atoms with Gasteiger partial charge in [0, 0.05) is 19.6 Å². The lowest BCUT2D eigenvalue weighted by Crippen LogP contribution is -2.37. The predicted molar refractivity (Wildman–Crippen MR) is 40.8 cm³/mol. The summed E-state index contributed by atoms with van der Waals surface area (Å²) in [7, 11) is 1.70. The molecule has 0 aromatic heterocycles. The van der Waals surface area contributed by atoms with Crippen molar-refractivity contribution in [1.29, 1.82) is 0 Å². The average molecular weight is 158 g/mol. The second kappa shape index (κ2) is 2.79. The summed E-state index contributed by atoms with van der Waals surface area (Å²) in [5.41, 5.74) is 5.64. The second-order valence-electron chi connectivity index (χ2n) is 3.15. The van der Waals surface area contributed by atoms with E-state index in [0.717, 1.165) is 0 Å². The zero-order valence-electron chi connectivity index (χ0n) is 6.82. The van der Waals surface area contributed by atoms with Crippen LogP contribution < -0.4 is 5.73 Å². The van der Waals surface area contributed by atoms with Gasteiger partial charge in [0.2, 0.25) is 5.91 Å². The third-order valence-corrected chi connectivity index (χ3v) is 2.13. The van der Waals surface area contributed by atoms with E-state index >= 15 is 0 Å². The Balaban J connectivity index is 2.72. The average Bonchev–Trinajstić information content (AvgIpc) is 2.07. The number of aliphatic hydroxyl groups is 1. The highest BCUT2D eigenvalue weighted by Gasteiger charge is 2.39. The first-order valence-corrected chi connectivity index (χ1v) is 3.72. The number of aliphatic hydroxyl groups excluding tert-OH is 1. The van der Waals surface area contributed by atoms with Crippen LogP contribution in [0, 0.1) is 5.92 Å². The van der Waals surface area contributed by atoms with Gasteiger partial charge in [0.1, 0.15) is 0 Å². The molecule has 4 heteroatoms. The van der Waals surface area contributed by atoms with E-state index in [-0.39, 0.29) is 11.9 Å². The lowest BCUT2D eigenvalue weighted by atomic mass is 9.98. The Labute approximate surface area is 66.0 Å². The molecule has 1 heterocycles. The Morgan fingerprint density at radius 3 is 2.55 bits per heavy atom. The summed E-state index contributed by atoms with van der Waals surface area (Å²) in [6, 6.07) is -0.215. The molecule has 0 aromatic carbocycles. The van der Waals surface area contributed by atoms with E-state index in [1.807, 2.05) is 0 Å². The highest BCUT2D eigenvalue weighted by atomic mass is 16.3. The van der Waals surface area contributed by atoms with Crippen LogP contribution in [0.15, 0.2) is 0 Å². The molecule has 1 fully saturated rings. The van der Waals surface area contributed by atoms with Gasteiger partial charge in [-0.25, -0.2) is 0 Å². The molecular formula is C7H14N2O2. The van der Waals surface area contributed by atoms with Gasteiger partial charge in [-0.1, -0.05) is 0 Å². The van der Waals surface area contributed by atoms with Crippen molar-refractivity contribution < 1.29 is 9.90 Å². The number of nitrogens with zero attached hydrogens (tertiary/aromatic N) is 1. The predicted octanol–water partition coefficient (Wildman–Crippen LogP) is -1.22. The minimum atomic E-state index is -0.637. The number of hydrogen-bond donors (Lipinski definition) is 2. The third-order valence-electron chi connectivity index (χ3n) is 2.13. The monoisotopic (exact) mass is 158 g/mol. The smallest absolute Gasteiger partial charge is 0.229 e. The van der Waals surface area contributed by atoms with E-state index < -0.39 is 12.0 Å². The van der Waals surface area contributed by atoms with Crippen molar-refractivity contribution in [3.63, 3.8) is 0 Å². The van der Waals surface area contributed by atoms with Crippen molar-refractivity contribution in [2.45, 2.75) is 19.1 Å². The molecule has 0 aromatic rings.